The number of phenolic OH excluding ortho intramolecular Hbond substituents is 1. The second kappa shape index (κ2) is 7.47. The van der Waals surface area contributed by atoms with Crippen molar-refractivity contribution >= 4 is 46.4 Å². The quantitative estimate of drug-likeness (QED) is 0.505. The summed E-state index contributed by atoms with van der Waals surface area (Å²) in [6, 6.07) is 10.3. The third-order valence-electron chi connectivity index (χ3n) is 2.88. The maximum absolute atomic E-state index is 11.9. The molecule has 8 heteroatoms. The van der Waals surface area contributed by atoms with Gasteiger partial charge in [-0.05, 0) is 42.5 Å². The third kappa shape index (κ3) is 4.72. The van der Waals surface area contributed by atoms with E-state index in [1.807, 2.05) is 0 Å². The number of rotatable bonds is 3. The summed E-state index contributed by atoms with van der Waals surface area (Å²) in [7, 11) is 0. The lowest BCUT2D eigenvalue weighted by Crippen LogP contribution is -2.29. The molecule has 0 saturated carbocycles. The van der Waals surface area contributed by atoms with Crippen LogP contribution in [0.5, 0.6) is 5.75 Å². The van der Waals surface area contributed by atoms with Gasteiger partial charge in [-0.2, -0.15) is 0 Å². The Balaban J connectivity index is 1.99. The Morgan fingerprint density at radius 2 is 1.42 bits per heavy atom. The number of carbonyl (C=O) groups is 3. The molecule has 124 valence electrons. The molecule has 0 aliphatic rings. The monoisotopic (exact) mass is 347 g/mol. The number of carbonyl (C=O) groups excluding carboxylic acids is 3. The van der Waals surface area contributed by atoms with Crippen LogP contribution in [0.15, 0.2) is 42.5 Å². The molecular formula is C16H14ClN3O4. The predicted molar refractivity (Wildman–Crippen MR) is 91.1 cm³/mol. The Kier molecular flexibility index (Phi) is 5.39. The van der Waals surface area contributed by atoms with Crippen LogP contribution in [0, 0.1) is 0 Å². The van der Waals surface area contributed by atoms with E-state index in [-0.39, 0.29) is 17.3 Å². The molecule has 0 fully saturated rings. The molecule has 3 amide bonds. The van der Waals surface area contributed by atoms with E-state index in [1.54, 1.807) is 12.1 Å². The highest BCUT2D eigenvalue weighted by atomic mass is 35.5. The van der Waals surface area contributed by atoms with E-state index in [9.17, 15) is 19.5 Å². The Hall–Kier alpha value is -3.06. The molecule has 0 atom stereocenters. The standard InChI is InChI=1S/C16H14ClN3O4/c1-9(21)18-11-3-5-12(6-4-11)19-15(23)16(24)20-13-8-10(17)2-7-14(13)22/h2-8,22H,1H3,(H,18,21)(H,19,23)(H,20,24). The number of phenols is 1. The van der Waals surface area contributed by atoms with Gasteiger partial charge in [0.05, 0.1) is 5.69 Å². The SMILES string of the molecule is CC(=O)Nc1ccc(NC(=O)C(=O)Nc2cc(Cl)ccc2O)cc1. The minimum absolute atomic E-state index is 0.0312. The first-order valence-corrected chi connectivity index (χ1v) is 7.21. The molecule has 2 rings (SSSR count). The van der Waals surface area contributed by atoms with Crippen molar-refractivity contribution in [3.8, 4) is 5.75 Å². The fraction of sp³-hybridized carbons (Fsp3) is 0.0625. The lowest BCUT2D eigenvalue weighted by molar-refractivity contribution is -0.133. The van der Waals surface area contributed by atoms with Gasteiger partial charge in [-0.25, -0.2) is 0 Å². The summed E-state index contributed by atoms with van der Waals surface area (Å²) in [4.78, 5) is 34.7. The van der Waals surface area contributed by atoms with Gasteiger partial charge in [0, 0.05) is 23.3 Å². The molecule has 0 unspecified atom stereocenters. The second-order valence-electron chi connectivity index (χ2n) is 4.83. The summed E-state index contributed by atoms with van der Waals surface area (Å²) in [5.41, 5.74) is 0.969. The smallest absolute Gasteiger partial charge is 0.314 e. The number of nitrogens with one attached hydrogen (secondary N) is 3. The lowest BCUT2D eigenvalue weighted by Gasteiger charge is -2.09. The zero-order valence-corrected chi connectivity index (χ0v) is 13.3. The fourth-order valence-electron chi connectivity index (χ4n) is 1.82. The van der Waals surface area contributed by atoms with Crippen molar-refractivity contribution in [1.29, 1.82) is 0 Å². The Bertz CT molecular complexity index is 790. The molecule has 7 nitrogen and oxygen atoms in total. The minimum Gasteiger partial charge on any atom is -0.506 e. The minimum atomic E-state index is -0.960. The van der Waals surface area contributed by atoms with Crippen molar-refractivity contribution in [3.05, 3.63) is 47.5 Å². The van der Waals surface area contributed by atoms with Crippen molar-refractivity contribution in [2.45, 2.75) is 6.92 Å². The topological polar surface area (TPSA) is 108 Å². The maximum Gasteiger partial charge on any atom is 0.314 e. The normalized spacial score (nSPS) is 9.92. The molecule has 24 heavy (non-hydrogen) atoms. The van der Waals surface area contributed by atoms with E-state index in [0.717, 1.165) is 0 Å². The number of hydrogen-bond donors (Lipinski definition) is 4. The highest BCUT2D eigenvalue weighted by Gasteiger charge is 2.16. The van der Waals surface area contributed by atoms with Gasteiger partial charge < -0.3 is 21.1 Å². The van der Waals surface area contributed by atoms with Crippen molar-refractivity contribution in [1.82, 2.24) is 0 Å². The molecule has 2 aromatic rings. The van der Waals surface area contributed by atoms with Gasteiger partial charge in [0.15, 0.2) is 0 Å². The summed E-state index contributed by atoms with van der Waals surface area (Å²) in [6.45, 7) is 1.38. The van der Waals surface area contributed by atoms with Gasteiger partial charge >= 0.3 is 11.8 Å². The van der Waals surface area contributed by atoms with Gasteiger partial charge in [0.25, 0.3) is 0 Å². The number of halogens is 1. The molecular weight excluding hydrogens is 334 g/mol. The van der Waals surface area contributed by atoms with Gasteiger partial charge in [0.1, 0.15) is 5.75 Å². The van der Waals surface area contributed by atoms with Crippen LogP contribution >= 0.6 is 11.6 Å². The Labute approximate surface area is 142 Å². The summed E-state index contributed by atoms with van der Waals surface area (Å²) < 4.78 is 0. The molecule has 0 aliphatic carbocycles. The zero-order valence-electron chi connectivity index (χ0n) is 12.6. The van der Waals surface area contributed by atoms with Crippen molar-refractivity contribution < 1.29 is 19.5 Å². The Morgan fingerprint density at radius 3 is 2.00 bits per heavy atom. The average Bonchev–Trinajstić information content (AvgIpc) is 2.52. The largest absolute Gasteiger partial charge is 0.506 e. The van der Waals surface area contributed by atoms with E-state index >= 15 is 0 Å². The van der Waals surface area contributed by atoms with E-state index < -0.39 is 11.8 Å². The van der Waals surface area contributed by atoms with E-state index in [1.165, 1.54) is 37.3 Å². The summed E-state index contributed by atoms with van der Waals surface area (Å²) in [6.07, 6.45) is 0. The predicted octanol–water partition coefficient (Wildman–Crippen LogP) is 2.58. The molecule has 0 aliphatic heterocycles. The van der Waals surface area contributed by atoms with Gasteiger partial charge in [0.2, 0.25) is 5.91 Å². The summed E-state index contributed by atoms with van der Waals surface area (Å²) in [5.74, 6) is -2.30. The van der Waals surface area contributed by atoms with Crippen LogP contribution in [0.2, 0.25) is 5.02 Å². The number of anilines is 3. The van der Waals surface area contributed by atoms with E-state index in [4.69, 9.17) is 11.6 Å². The van der Waals surface area contributed by atoms with E-state index in [0.29, 0.717) is 16.4 Å². The maximum atomic E-state index is 11.9. The van der Waals surface area contributed by atoms with Crippen LogP contribution < -0.4 is 16.0 Å². The molecule has 0 aromatic heterocycles. The highest BCUT2D eigenvalue weighted by molar-refractivity contribution is 6.44. The summed E-state index contributed by atoms with van der Waals surface area (Å²) >= 11 is 5.77. The van der Waals surface area contributed by atoms with Crippen molar-refractivity contribution in [2.75, 3.05) is 16.0 Å². The second-order valence-corrected chi connectivity index (χ2v) is 5.26. The van der Waals surface area contributed by atoms with Crippen LogP contribution in [0.1, 0.15) is 6.92 Å². The zero-order chi connectivity index (χ0) is 17.7. The molecule has 4 N–H and O–H groups in total. The van der Waals surface area contributed by atoms with Crippen LogP contribution in [0.25, 0.3) is 0 Å². The van der Waals surface area contributed by atoms with Crippen molar-refractivity contribution in [2.24, 2.45) is 0 Å². The first kappa shape index (κ1) is 17.3. The summed E-state index contributed by atoms with van der Waals surface area (Å²) in [5, 5.41) is 17.2. The number of amides is 3. The van der Waals surface area contributed by atoms with Gasteiger partial charge in [-0.1, -0.05) is 11.6 Å². The van der Waals surface area contributed by atoms with Crippen LogP contribution in [-0.2, 0) is 14.4 Å². The van der Waals surface area contributed by atoms with Crippen LogP contribution in [-0.4, -0.2) is 22.8 Å². The Morgan fingerprint density at radius 1 is 0.875 bits per heavy atom. The number of benzene rings is 2. The van der Waals surface area contributed by atoms with Crippen LogP contribution in [0.3, 0.4) is 0 Å². The molecule has 0 spiro atoms. The molecule has 0 heterocycles. The first-order chi connectivity index (χ1) is 11.3. The highest BCUT2D eigenvalue weighted by Crippen LogP contribution is 2.26. The van der Waals surface area contributed by atoms with Gasteiger partial charge in [-0.15, -0.1) is 0 Å². The van der Waals surface area contributed by atoms with E-state index in [2.05, 4.69) is 16.0 Å². The van der Waals surface area contributed by atoms with Crippen LogP contribution in [0.4, 0.5) is 17.1 Å². The third-order valence-corrected chi connectivity index (χ3v) is 3.11. The molecule has 2 aromatic carbocycles. The number of aromatic hydroxyl groups is 1. The fourth-order valence-corrected chi connectivity index (χ4v) is 1.99. The van der Waals surface area contributed by atoms with Gasteiger partial charge in [-0.3, -0.25) is 14.4 Å². The molecule has 0 bridgehead atoms. The first-order valence-electron chi connectivity index (χ1n) is 6.83. The average molecular weight is 348 g/mol. The molecule has 0 radical (unpaired) electrons. The number of hydrogen-bond acceptors (Lipinski definition) is 4. The lowest BCUT2D eigenvalue weighted by atomic mass is 10.2. The molecule has 0 saturated heterocycles. The van der Waals surface area contributed by atoms with Crippen molar-refractivity contribution in [3.63, 3.8) is 0 Å².